The van der Waals surface area contributed by atoms with Crippen molar-refractivity contribution in [1.82, 2.24) is 5.32 Å². The third-order valence-electron chi connectivity index (χ3n) is 3.62. The number of benzene rings is 2. The smallest absolute Gasteiger partial charge is 0.319 e. The second kappa shape index (κ2) is 7.69. The van der Waals surface area contributed by atoms with Gasteiger partial charge in [-0.1, -0.05) is 37.3 Å². The zero-order chi connectivity index (χ0) is 16.8. The highest BCUT2D eigenvalue weighted by atomic mass is 19.1. The fourth-order valence-corrected chi connectivity index (χ4v) is 2.24. The number of halogens is 2. The molecule has 0 unspecified atom stereocenters. The van der Waals surface area contributed by atoms with E-state index < -0.39 is 23.7 Å². The molecule has 4 nitrogen and oxygen atoms in total. The maximum Gasteiger partial charge on any atom is 0.319 e. The normalized spacial score (nSPS) is 13.2. The maximum absolute atomic E-state index is 13.5. The van der Waals surface area contributed by atoms with Gasteiger partial charge in [-0.2, -0.15) is 0 Å². The van der Waals surface area contributed by atoms with Crippen molar-refractivity contribution in [3.8, 4) is 0 Å². The largest absolute Gasteiger partial charge is 0.394 e. The van der Waals surface area contributed by atoms with Crippen LogP contribution in [0.3, 0.4) is 0 Å². The second-order valence-electron chi connectivity index (χ2n) is 5.21. The van der Waals surface area contributed by atoms with Gasteiger partial charge in [0, 0.05) is 12.0 Å². The summed E-state index contributed by atoms with van der Waals surface area (Å²) >= 11 is 0. The van der Waals surface area contributed by atoms with Crippen LogP contribution >= 0.6 is 0 Å². The van der Waals surface area contributed by atoms with Crippen LogP contribution in [-0.4, -0.2) is 23.8 Å². The molecule has 0 saturated carbocycles. The van der Waals surface area contributed by atoms with Gasteiger partial charge in [0.25, 0.3) is 0 Å². The molecule has 23 heavy (non-hydrogen) atoms. The molecule has 2 aromatic rings. The summed E-state index contributed by atoms with van der Waals surface area (Å²) in [5.74, 6) is -1.72. The number of carbonyl (C=O) groups excluding carboxylic acids is 1. The Morgan fingerprint density at radius 2 is 1.87 bits per heavy atom. The first kappa shape index (κ1) is 16.9. The lowest BCUT2D eigenvalue weighted by Crippen LogP contribution is -2.43. The summed E-state index contributed by atoms with van der Waals surface area (Å²) < 4.78 is 26.4. The molecular formula is C17H18F2N2O2. The predicted octanol–water partition coefficient (Wildman–Crippen LogP) is 3.25. The zero-order valence-corrected chi connectivity index (χ0v) is 12.6. The van der Waals surface area contributed by atoms with Crippen LogP contribution in [0.5, 0.6) is 0 Å². The van der Waals surface area contributed by atoms with Crippen molar-refractivity contribution < 1.29 is 18.7 Å². The molecule has 6 heteroatoms. The molecule has 122 valence electrons. The van der Waals surface area contributed by atoms with Crippen molar-refractivity contribution in [3.05, 3.63) is 65.7 Å². The minimum Gasteiger partial charge on any atom is -0.394 e. The van der Waals surface area contributed by atoms with Crippen LogP contribution < -0.4 is 10.6 Å². The summed E-state index contributed by atoms with van der Waals surface area (Å²) in [5.41, 5.74) is 0.827. The van der Waals surface area contributed by atoms with Gasteiger partial charge in [0.15, 0.2) is 0 Å². The van der Waals surface area contributed by atoms with Gasteiger partial charge >= 0.3 is 6.03 Å². The van der Waals surface area contributed by atoms with Gasteiger partial charge in [-0.25, -0.2) is 13.6 Å². The molecule has 0 saturated heterocycles. The number of hydrogen-bond donors (Lipinski definition) is 3. The molecule has 0 spiro atoms. The van der Waals surface area contributed by atoms with Gasteiger partial charge < -0.3 is 15.7 Å². The van der Waals surface area contributed by atoms with Gasteiger partial charge in [0.2, 0.25) is 0 Å². The van der Waals surface area contributed by atoms with E-state index in [1.54, 1.807) is 0 Å². The van der Waals surface area contributed by atoms with Crippen LogP contribution in [0.25, 0.3) is 0 Å². The number of urea groups is 1. The molecule has 0 aliphatic carbocycles. The van der Waals surface area contributed by atoms with E-state index in [1.165, 1.54) is 0 Å². The molecule has 0 radical (unpaired) electrons. The number of amides is 2. The molecular weight excluding hydrogens is 302 g/mol. The Morgan fingerprint density at radius 3 is 2.48 bits per heavy atom. The van der Waals surface area contributed by atoms with Gasteiger partial charge in [0.05, 0.1) is 18.3 Å². The second-order valence-corrected chi connectivity index (χ2v) is 5.21. The molecule has 0 aliphatic heterocycles. The Labute approximate surface area is 133 Å². The first-order valence-electron chi connectivity index (χ1n) is 7.19. The lowest BCUT2D eigenvalue weighted by atomic mass is 9.94. The molecule has 3 N–H and O–H groups in total. The van der Waals surface area contributed by atoms with E-state index >= 15 is 0 Å². The predicted molar refractivity (Wildman–Crippen MR) is 84.2 cm³/mol. The molecule has 0 fully saturated rings. The van der Waals surface area contributed by atoms with Crippen LogP contribution in [-0.2, 0) is 0 Å². The average molecular weight is 320 g/mol. The van der Waals surface area contributed by atoms with E-state index in [0.29, 0.717) is 6.07 Å². The van der Waals surface area contributed by atoms with E-state index in [0.717, 1.165) is 17.7 Å². The van der Waals surface area contributed by atoms with Gasteiger partial charge in [-0.05, 0) is 17.7 Å². The SMILES string of the molecule is C[C@H](c1ccccc1)[C@@H](CO)NC(=O)Nc1ccc(F)cc1F. The number of rotatable bonds is 5. The number of carbonyl (C=O) groups is 1. The molecule has 0 aliphatic rings. The van der Waals surface area contributed by atoms with E-state index in [2.05, 4.69) is 10.6 Å². The highest BCUT2D eigenvalue weighted by Gasteiger charge is 2.20. The summed E-state index contributed by atoms with van der Waals surface area (Å²) in [7, 11) is 0. The van der Waals surface area contributed by atoms with Gasteiger partial charge in [-0.15, -0.1) is 0 Å². The van der Waals surface area contributed by atoms with E-state index in [-0.39, 0.29) is 18.2 Å². The average Bonchev–Trinajstić information content (AvgIpc) is 2.55. The molecule has 0 bridgehead atoms. The number of aliphatic hydroxyl groups excluding tert-OH is 1. The Hall–Kier alpha value is -2.47. The number of anilines is 1. The lowest BCUT2D eigenvalue weighted by molar-refractivity contribution is 0.215. The van der Waals surface area contributed by atoms with Crippen molar-refractivity contribution in [1.29, 1.82) is 0 Å². The van der Waals surface area contributed by atoms with Crippen LogP contribution in [0.4, 0.5) is 19.3 Å². The Morgan fingerprint density at radius 1 is 1.17 bits per heavy atom. The molecule has 2 rings (SSSR count). The molecule has 0 heterocycles. The number of aliphatic hydroxyl groups is 1. The Bertz CT molecular complexity index is 665. The maximum atomic E-state index is 13.5. The highest BCUT2D eigenvalue weighted by molar-refractivity contribution is 5.89. The summed E-state index contributed by atoms with van der Waals surface area (Å²) in [4.78, 5) is 12.0. The minimum atomic E-state index is -0.864. The van der Waals surface area contributed by atoms with E-state index in [4.69, 9.17) is 0 Å². The minimum absolute atomic E-state index is 0.132. The summed E-state index contributed by atoms with van der Waals surface area (Å²) in [6, 6.07) is 11.1. The van der Waals surface area contributed by atoms with Crippen LogP contribution in [0.15, 0.2) is 48.5 Å². The summed E-state index contributed by atoms with van der Waals surface area (Å²) in [6.07, 6.45) is 0. The van der Waals surface area contributed by atoms with Crippen LogP contribution in [0, 0.1) is 11.6 Å². The Balaban J connectivity index is 2.02. The number of hydrogen-bond acceptors (Lipinski definition) is 2. The molecule has 2 aromatic carbocycles. The molecule has 2 amide bonds. The Kier molecular flexibility index (Phi) is 5.65. The monoisotopic (exact) mass is 320 g/mol. The first-order valence-corrected chi connectivity index (χ1v) is 7.19. The first-order chi connectivity index (χ1) is 11.0. The third-order valence-corrected chi connectivity index (χ3v) is 3.62. The van der Waals surface area contributed by atoms with E-state index in [9.17, 15) is 18.7 Å². The van der Waals surface area contributed by atoms with Gasteiger partial charge in [-0.3, -0.25) is 0 Å². The van der Waals surface area contributed by atoms with Crippen molar-refractivity contribution in [2.75, 3.05) is 11.9 Å². The fourth-order valence-electron chi connectivity index (χ4n) is 2.24. The fraction of sp³-hybridized carbons (Fsp3) is 0.235. The van der Waals surface area contributed by atoms with Crippen molar-refractivity contribution in [3.63, 3.8) is 0 Å². The van der Waals surface area contributed by atoms with Crippen LogP contribution in [0.1, 0.15) is 18.4 Å². The molecule has 0 aromatic heterocycles. The number of nitrogens with one attached hydrogen (secondary N) is 2. The third kappa shape index (κ3) is 4.50. The van der Waals surface area contributed by atoms with Gasteiger partial charge in [0.1, 0.15) is 11.6 Å². The summed E-state index contributed by atoms with van der Waals surface area (Å²) in [5, 5.41) is 14.4. The van der Waals surface area contributed by atoms with Crippen molar-refractivity contribution >= 4 is 11.7 Å². The summed E-state index contributed by atoms with van der Waals surface area (Å²) in [6.45, 7) is 1.60. The quantitative estimate of drug-likeness (QED) is 0.792. The van der Waals surface area contributed by atoms with E-state index in [1.807, 2.05) is 37.3 Å². The van der Waals surface area contributed by atoms with Crippen molar-refractivity contribution in [2.24, 2.45) is 0 Å². The standard InChI is InChI=1S/C17H18F2N2O2/c1-11(12-5-3-2-4-6-12)16(10-22)21-17(23)20-15-8-7-13(18)9-14(15)19/h2-9,11,16,22H,10H2,1H3,(H2,20,21,23)/t11-,16-/m1/s1. The zero-order valence-electron chi connectivity index (χ0n) is 12.6. The lowest BCUT2D eigenvalue weighted by Gasteiger charge is -2.24. The highest BCUT2D eigenvalue weighted by Crippen LogP contribution is 2.19. The topological polar surface area (TPSA) is 61.4 Å². The van der Waals surface area contributed by atoms with Crippen molar-refractivity contribution in [2.45, 2.75) is 18.9 Å². The van der Waals surface area contributed by atoms with Crippen LogP contribution in [0.2, 0.25) is 0 Å². The molecule has 2 atom stereocenters.